The predicted octanol–water partition coefficient (Wildman–Crippen LogP) is 0.722. The first-order chi connectivity index (χ1) is 7.65. The quantitative estimate of drug-likeness (QED) is 0.771. The van der Waals surface area contributed by atoms with Crippen LogP contribution >= 0.6 is 11.8 Å². The van der Waals surface area contributed by atoms with E-state index in [0.717, 1.165) is 17.9 Å². The van der Waals surface area contributed by atoms with E-state index < -0.39 is 6.04 Å². The molecule has 1 heterocycles. The number of nitrogens with one attached hydrogen (secondary N) is 1. The topological polar surface area (TPSA) is 60.1 Å². The van der Waals surface area contributed by atoms with Crippen molar-refractivity contribution in [3.8, 4) is 0 Å². The summed E-state index contributed by atoms with van der Waals surface area (Å²) in [4.78, 5) is 11.6. The van der Waals surface area contributed by atoms with Crippen LogP contribution in [-0.2, 0) is 18.4 Å². The number of carbonyl (C=O) groups excluding carboxylic acids is 1. The number of aryl methyl sites for hydroxylation is 1. The number of aromatic nitrogens is 1. The zero-order chi connectivity index (χ0) is 12.0. The van der Waals surface area contributed by atoms with Crippen LogP contribution < -0.4 is 11.1 Å². The fourth-order valence-corrected chi connectivity index (χ4v) is 1.85. The second kappa shape index (κ2) is 6.60. The van der Waals surface area contributed by atoms with E-state index in [4.69, 9.17) is 5.73 Å². The van der Waals surface area contributed by atoms with Crippen molar-refractivity contribution in [1.82, 2.24) is 9.88 Å². The molecule has 0 aromatic carbocycles. The summed E-state index contributed by atoms with van der Waals surface area (Å²) in [5, 5.41) is 2.84. The van der Waals surface area contributed by atoms with E-state index in [1.807, 2.05) is 36.2 Å². The Morgan fingerprint density at radius 2 is 2.44 bits per heavy atom. The SMILES string of the molecule is CSCC[C@@H](N)C(=O)NCc1cccn1C. The van der Waals surface area contributed by atoms with Gasteiger partial charge in [0.2, 0.25) is 5.91 Å². The van der Waals surface area contributed by atoms with E-state index in [1.54, 1.807) is 11.8 Å². The normalized spacial score (nSPS) is 12.4. The molecule has 1 amide bonds. The molecule has 0 saturated carbocycles. The van der Waals surface area contributed by atoms with Crippen LogP contribution in [0.4, 0.5) is 0 Å². The van der Waals surface area contributed by atoms with Crippen molar-refractivity contribution in [2.24, 2.45) is 12.8 Å². The maximum atomic E-state index is 11.6. The van der Waals surface area contributed by atoms with E-state index in [0.29, 0.717) is 6.54 Å². The zero-order valence-electron chi connectivity index (χ0n) is 9.77. The summed E-state index contributed by atoms with van der Waals surface area (Å²) in [5.41, 5.74) is 6.82. The lowest BCUT2D eigenvalue weighted by Gasteiger charge is -2.11. The van der Waals surface area contributed by atoms with Crippen LogP contribution in [0.1, 0.15) is 12.1 Å². The van der Waals surface area contributed by atoms with Crippen molar-refractivity contribution in [2.45, 2.75) is 19.0 Å². The maximum absolute atomic E-state index is 11.6. The Balaban J connectivity index is 2.32. The summed E-state index contributed by atoms with van der Waals surface area (Å²) in [6.07, 6.45) is 4.68. The van der Waals surface area contributed by atoms with Gasteiger partial charge in [-0.1, -0.05) is 0 Å². The zero-order valence-corrected chi connectivity index (χ0v) is 10.6. The highest BCUT2D eigenvalue weighted by Crippen LogP contribution is 2.01. The van der Waals surface area contributed by atoms with Gasteiger partial charge in [0, 0.05) is 18.9 Å². The molecule has 4 nitrogen and oxygen atoms in total. The van der Waals surface area contributed by atoms with Crippen LogP contribution in [0, 0.1) is 0 Å². The van der Waals surface area contributed by atoms with Gasteiger partial charge in [0.25, 0.3) is 0 Å². The molecule has 0 radical (unpaired) electrons. The lowest BCUT2D eigenvalue weighted by atomic mass is 10.2. The van der Waals surface area contributed by atoms with Crippen molar-refractivity contribution >= 4 is 17.7 Å². The first-order valence-corrected chi connectivity index (χ1v) is 6.67. The first kappa shape index (κ1) is 13.1. The molecule has 0 fully saturated rings. The minimum absolute atomic E-state index is 0.0738. The van der Waals surface area contributed by atoms with E-state index in [1.165, 1.54) is 0 Å². The van der Waals surface area contributed by atoms with Gasteiger partial charge in [-0.25, -0.2) is 0 Å². The van der Waals surface area contributed by atoms with Gasteiger partial charge in [-0.3, -0.25) is 4.79 Å². The molecule has 1 aromatic rings. The Morgan fingerprint density at radius 1 is 1.69 bits per heavy atom. The van der Waals surface area contributed by atoms with Crippen LogP contribution in [0.5, 0.6) is 0 Å². The Labute approximate surface area is 101 Å². The molecular weight excluding hydrogens is 222 g/mol. The maximum Gasteiger partial charge on any atom is 0.237 e. The number of rotatable bonds is 6. The average molecular weight is 241 g/mol. The van der Waals surface area contributed by atoms with Gasteiger partial charge in [0.05, 0.1) is 12.6 Å². The molecule has 1 rings (SSSR count). The standard InChI is InChI=1S/C11H19N3OS/c1-14-6-3-4-9(14)8-13-11(15)10(12)5-7-16-2/h3-4,6,10H,5,7-8,12H2,1-2H3,(H,13,15)/t10-/m1/s1. The lowest BCUT2D eigenvalue weighted by Crippen LogP contribution is -2.40. The van der Waals surface area contributed by atoms with Crippen molar-refractivity contribution in [2.75, 3.05) is 12.0 Å². The van der Waals surface area contributed by atoms with Gasteiger partial charge in [0.1, 0.15) is 0 Å². The summed E-state index contributed by atoms with van der Waals surface area (Å²) in [6, 6.07) is 3.54. The average Bonchev–Trinajstić information content (AvgIpc) is 2.68. The molecule has 0 spiro atoms. The molecule has 3 N–H and O–H groups in total. The van der Waals surface area contributed by atoms with Gasteiger partial charge < -0.3 is 15.6 Å². The van der Waals surface area contributed by atoms with Gasteiger partial charge in [-0.2, -0.15) is 11.8 Å². The highest BCUT2D eigenvalue weighted by Gasteiger charge is 2.12. The summed E-state index contributed by atoms with van der Waals surface area (Å²) in [7, 11) is 1.95. The molecular formula is C11H19N3OS. The van der Waals surface area contributed by atoms with Crippen molar-refractivity contribution in [3.05, 3.63) is 24.0 Å². The minimum atomic E-state index is -0.396. The molecule has 90 valence electrons. The van der Waals surface area contributed by atoms with Crippen molar-refractivity contribution in [1.29, 1.82) is 0 Å². The molecule has 0 saturated heterocycles. The largest absolute Gasteiger partial charge is 0.353 e. The Kier molecular flexibility index (Phi) is 5.42. The molecule has 0 aliphatic heterocycles. The molecule has 0 aliphatic rings. The number of hydrogen-bond acceptors (Lipinski definition) is 3. The molecule has 16 heavy (non-hydrogen) atoms. The fraction of sp³-hybridized carbons (Fsp3) is 0.545. The minimum Gasteiger partial charge on any atom is -0.353 e. The second-order valence-electron chi connectivity index (χ2n) is 3.72. The Morgan fingerprint density at radius 3 is 3.00 bits per heavy atom. The van der Waals surface area contributed by atoms with Crippen LogP contribution in [0.3, 0.4) is 0 Å². The summed E-state index contributed by atoms with van der Waals surface area (Å²) in [5.74, 6) is 0.842. The fourth-order valence-electron chi connectivity index (χ4n) is 1.36. The van der Waals surface area contributed by atoms with E-state index in [2.05, 4.69) is 5.32 Å². The molecule has 5 heteroatoms. The summed E-state index contributed by atoms with van der Waals surface area (Å²) < 4.78 is 1.98. The molecule has 0 unspecified atom stereocenters. The van der Waals surface area contributed by atoms with Crippen LogP contribution in [0.25, 0.3) is 0 Å². The van der Waals surface area contributed by atoms with Crippen LogP contribution in [0.2, 0.25) is 0 Å². The monoisotopic (exact) mass is 241 g/mol. The van der Waals surface area contributed by atoms with E-state index >= 15 is 0 Å². The molecule has 1 atom stereocenters. The van der Waals surface area contributed by atoms with Crippen LogP contribution in [0.15, 0.2) is 18.3 Å². The Bertz CT molecular complexity index is 338. The Hall–Kier alpha value is -0.940. The first-order valence-electron chi connectivity index (χ1n) is 5.27. The summed E-state index contributed by atoms with van der Waals surface area (Å²) in [6.45, 7) is 0.537. The third-order valence-electron chi connectivity index (χ3n) is 2.46. The third kappa shape index (κ3) is 3.90. The van der Waals surface area contributed by atoms with E-state index in [9.17, 15) is 4.79 Å². The number of thioether (sulfide) groups is 1. The van der Waals surface area contributed by atoms with Crippen molar-refractivity contribution < 1.29 is 4.79 Å². The highest BCUT2D eigenvalue weighted by atomic mass is 32.2. The third-order valence-corrected chi connectivity index (χ3v) is 3.11. The number of hydrogen-bond donors (Lipinski definition) is 2. The van der Waals surface area contributed by atoms with Crippen LogP contribution in [-0.4, -0.2) is 28.5 Å². The molecule has 0 aliphatic carbocycles. The van der Waals surface area contributed by atoms with Gasteiger partial charge in [-0.05, 0) is 30.6 Å². The number of carbonyl (C=O) groups is 1. The van der Waals surface area contributed by atoms with Gasteiger partial charge in [-0.15, -0.1) is 0 Å². The number of nitrogens with zero attached hydrogens (tertiary/aromatic N) is 1. The molecule has 1 aromatic heterocycles. The van der Waals surface area contributed by atoms with E-state index in [-0.39, 0.29) is 5.91 Å². The lowest BCUT2D eigenvalue weighted by molar-refractivity contribution is -0.122. The van der Waals surface area contributed by atoms with Gasteiger partial charge in [0.15, 0.2) is 0 Å². The van der Waals surface area contributed by atoms with Crippen molar-refractivity contribution in [3.63, 3.8) is 0 Å². The van der Waals surface area contributed by atoms with Gasteiger partial charge >= 0.3 is 0 Å². The second-order valence-corrected chi connectivity index (χ2v) is 4.70. The number of amides is 1. The smallest absolute Gasteiger partial charge is 0.237 e. The molecule has 0 bridgehead atoms. The summed E-state index contributed by atoms with van der Waals surface area (Å²) >= 11 is 1.70. The highest BCUT2D eigenvalue weighted by molar-refractivity contribution is 7.98. The predicted molar refractivity (Wildman–Crippen MR) is 68.2 cm³/mol. The number of nitrogens with two attached hydrogens (primary N) is 1.